The van der Waals surface area contributed by atoms with Crippen LogP contribution in [0.15, 0.2) is 0 Å². The molecule has 1 heterocycles. The van der Waals surface area contributed by atoms with Gasteiger partial charge in [0.05, 0.1) is 13.2 Å². The summed E-state index contributed by atoms with van der Waals surface area (Å²) in [6, 6.07) is 0.719. The van der Waals surface area contributed by atoms with Crippen molar-refractivity contribution >= 4 is 0 Å². The molecule has 2 unspecified atom stereocenters. The number of hydrogen-bond donors (Lipinski definition) is 1. The van der Waals surface area contributed by atoms with E-state index in [0.29, 0.717) is 13.2 Å². The number of nitrogens with zero attached hydrogens (tertiary/aromatic N) is 1. The fraction of sp³-hybridized carbons (Fsp3) is 1.00. The molecule has 0 aromatic rings. The molecule has 1 fully saturated rings. The Morgan fingerprint density at radius 3 is 2.80 bits per heavy atom. The van der Waals surface area contributed by atoms with Crippen molar-refractivity contribution in [2.75, 3.05) is 32.8 Å². The number of rotatable bonds is 5. The second kappa shape index (κ2) is 7.20. The third-order valence-electron chi connectivity index (χ3n) is 3.27. The lowest BCUT2D eigenvalue weighted by molar-refractivity contribution is 0.0905. The molecule has 1 aliphatic heterocycles. The van der Waals surface area contributed by atoms with Crippen LogP contribution in [0.25, 0.3) is 0 Å². The zero-order chi connectivity index (χ0) is 11.1. The lowest BCUT2D eigenvalue weighted by Gasteiger charge is -2.28. The SMILES string of the molecule is CC1CCCC(C)N(CCOCCN)C1. The Hall–Kier alpha value is -0.120. The van der Waals surface area contributed by atoms with Crippen LogP contribution in [0.4, 0.5) is 0 Å². The predicted octanol–water partition coefficient (Wildman–Crippen LogP) is 1.47. The van der Waals surface area contributed by atoms with Gasteiger partial charge in [-0.05, 0) is 25.7 Å². The maximum atomic E-state index is 5.44. The van der Waals surface area contributed by atoms with Crippen molar-refractivity contribution in [2.24, 2.45) is 11.7 Å². The van der Waals surface area contributed by atoms with Gasteiger partial charge in [-0.15, -0.1) is 0 Å². The Morgan fingerprint density at radius 1 is 1.27 bits per heavy atom. The molecule has 3 nitrogen and oxygen atoms in total. The fourth-order valence-electron chi connectivity index (χ4n) is 2.29. The molecule has 15 heavy (non-hydrogen) atoms. The molecule has 0 radical (unpaired) electrons. The van der Waals surface area contributed by atoms with Gasteiger partial charge < -0.3 is 10.5 Å². The van der Waals surface area contributed by atoms with Crippen LogP contribution in [0.1, 0.15) is 33.1 Å². The third-order valence-corrected chi connectivity index (χ3v) is 3.27. The fourth-order valence-corrected chi connectivity index (χ4v) is 2.29. The van der Waals surface area contributed by atoms with Crippen molar-refractivity contribution in [1.82, 2.24) is 4.90 Å². The molecule has 90 valence electrons. The molecule has 2 N–H and O–H groups in total. The van der Waals surface area contributed by atoms with Crippen LogP contribution in [0.2, 0.25) is 0 Å². The summed E-state index contributed by atoms with van der Waals surface area (Å²) in [6.07, 6.45) is 4.09. The van der Waals surface area contributed by atoms with Gasteiger partial charge in [-0.25, -0.2) is 0 Å². The molecule has 1 aliphatic rings. The summed E-state index contributed by atoms with van der Waals surface area (Å²) in [6.45, 7) is 9.13. The second-order valence-corrected chi connectivity index (χ2v) is 4.78. The molecule has 0 spiro atoms. The third kappa shape index (κ3) is 4.96. The zero-order valence-electron chi connectivity index (χ0n) is 10.2. The van der Waals surface area contributed by atoms with E-state index in [1.165, 1.54) is 25.8 Å². The standard InChI is InChI=1S/C12H26N2O/c1-11-4-3-5-12(2)14(10-11)7-9-15-8-6-13/h11-12H,3-10,13H2,1-2H3. The largest absolute Gasteiger partial charge is 0.379 e. The number of ether oxygens (including phenoxy) is 1. The smallest absolute Gasteiger partial charge is 0.0594 e. The van der Waals surface area contributed by atoms with Crippen molar-refractivity contribution in [1.29, 1.82) is 0 Å². The van der Waals surface area contributed by atoms with Gasteiger partial charge in [-0.2, -0.15) is 0 Å². The van der Waals surface area contributed by atoms with Crippen LogP contribution < -0.4 is 5.73 Å². The van der Waals surface area contributed by atoms with Crippen molar-refractivity contribution in [2.45, 2.75) is 39.2 Å². The van der Waals surface area contributed by atoms with Gasteiger partial charge >= 0.3 is 0 Å². The van der Waals surface area contributed by atoms with Gasteiger partial charge in [-0.1, -0.05) is 13.3 Å². The summed E-state index contributed by atoms with van der Waals surface area (Å²) >= 11 is 0. The number of hydrogen-bond acceptors (Lipinski definition) is 3. The number of likely N-dealkylation sites (tertiary alicyclic amines) is 1. The molecular formula is C12H26N2O. The zero-order valence-corrected chi connectivity index (χ0v) is 10.2. The molecule has 2 atom stereocenters. The summed E-state index contributed by atoms with van der Waals surface area (Å²) in [7, 11) is 0. The first-order chi connectivity index (χ1) is 7.24. The summed E-state index contributed by atoms with van der Waals surface area (Å²) in [4.78, 5) is 2.56. The molecule has 1 rings (SSSR count). The van der Waals surface area contributed by atoms with E-state index in [9.17, 15) is 0 Å². The Kier molecular flexibility index (Phi) is 6.22. The molecule has 0 aliphatic carbocycles. The Morgan fingerprint density at radius 2 is 2.07 bits per heavy atom. The predicted molar refractivity (Wildman–Crippen MR) is 63.9 cm³/mol. The Bertz CT molecular complexity index is 164. The van der Waals surface area contributed by atoms with E-state index in [-0.39, 0.29) is 0 Å². The first-order valence-corrected chi connectivity index (χ1v) is 6.26. The van der Waals surface area contributed by atoms with Gasteiger partial charge in [0.2, 0.25) is 0 Å². The average Bonchev–Trinajstić information content (AvgIpc) is 2.36. The van der Waals surface area contributed by atoms with Crippen molar-refractivity contribution in [3.63, 3.8) is 0 Å². The minimum absolute atomic E-state index is 0.631. The highest BCUT2D eigenvalue weighted by Crippen LogP contribution is 2.20. The van der Waals surface area contributed by atoms with Crippen molar-refractivity contribution in [3.8, 4) is 0 Å². The van der Waals surface area contributed by atoms with Gasteiger partial charge in [0.15, 0.2) is 0 Å². The van der Waals surface area contributed by atoms with Crippen LogP contribution >= 0.6 is 0 Å². The number of nitrogens with two attached hydrogens (primary N) is 1. The first-order valence-electron chi connectivity index (χ1n) is 6.26. The van der Waals surface area contributed by atoms with E-state index in [2.05, 4.69) is 18.7 Å². The lowest BCUT2D eigenvalue weighted by Crippen LogP contribution is -2.37. The van der Waals surface area contributed by atoms with Gasteiger partial charge in [0, 0.05) is 25.7 Å². The van der Waals surface area contributed by atoms with E-state index >= 15 is 0 Å². The minimum Gasteiger partial charge on any atom is -0.379 e. The highest BCUT2D eigenvalue weighted by atomic mass is 16.5. The Balaban J connectivity index is 2.23. The molecule has 0 aromatic carbocycles. The van der Waals surface area contributed by atoms with Crippen LogP contribution in [-0.4, -0.2) is 43.8 Å². The Labute approximate surface area is 94.0 Å². The summed E-state index contributed by atoms with van der Waals surface area (Å²) in [5.74, 6) is 0.837. The van der Waals surface area contributed by atoms with E-state index in [0.717, 1.165) is 25.1 Å². The maximum absolute atomic E-state index is 5.44. The molecule has 1 saturated heterocycles. The summed E-state index contributed by atoms with van der Waals surface area (Å²) < 4.78 is 5.44. The van der Waals surface area contributed by atoms with E-state index in [4.69, 9.17) is 10.5 Å². The van der Waals surface area contributed by atoms with Gasteiger partial charge in [0.25, 0.3) is 0 Å². The van der Waals surface area contributed by atoms with E-state index < -0.39 is 0 Å². The highest BCUT2D eigenvalue weighted by molar-refractivity contribution is 4.74. The average molecular weight is 214 g/mol. The quantitative estimate of drug-likeness (QED) is 0.704. The maximum Gasteiger partial charge on any atom is 0.0594 e. The van der Waals surface area contributed by atoms with Crippen LogP contribution in [0.5, 0.6) is 0 Å². The first kappa shape index (κ1) is 12.9. The topological polar surface area (TPSA) is 38.5 Å². The summed E-state index contributed by atoms with van der Waals surface area (Å²) in [5.41, 5.74) is 5.38. The minimum atomic E-state index is 0.631. The highest BCUT2D eigenvalue weighted by Gasteiger charge is 2.19. The molecule has 0 bridgehead atoms. The van der Waals surface area contributed by atoms with Crippen LogP contribution in [0, 0.1) is 5.92 Å². The second-order valence-electron chi connectivity index (χ2n) is 4.78. The van der Waals surface area contributed by atoms with Gasteiger partial charge in [0.1, 0.15) is 0 Å². The van der Waals surface area contributed by atoms with E-state index in [1.54, 1.807) is 0 Å². The monoisotopic (exact) mass is 214 g/mol. The summed E-state index contributed by atoms with van der Waals surface area (Å²) in [5, 5.41) is 0. The van der Waals surface area contributed by atoms with Crippen LogP contribution in [0.3, 0.4) is 0 Å². The van der Waals surface area contributed by atoms with Crippen LogP contribution in [-0.2, 0) is 4.74 Å². The molecule has 0 aromatic heterocycles. The molecule has 3 heteroatoms. The van der Waals surface area contributed by atoms with Gasteiger partial charge in [-0.3, -0.25) is 4.90 Å². The molecule has 0 saturated carbocycles. The van der Waals surface area contributed by atoms with Crippen molar-refractivity contribution < 1.29 is 4.74 Å². The van der Waals surface area contributed by atoms with Crippen molar-refractivity contribution in [3.05, 3.63) is 0 Å². The molecule has 0 amide bonds. The lowest BCUT2D eigenvalue weighted by atomic mass is 10.1. The normalized spacial score (nSPS) is 29.0. The van der Waals surface area contributed by atoms with E-state index in [1.807, 2.05) is 0 Å². The molecular weight excluding hydrogens is 188 g/mol.